The van der Waals surface area contributed by atoms with E-state index >= 15 is 0 Å². The molecule has 2 aromatic carbocycles. The Morgan fingerprint density at radius 2 is 1.96 bits per heavy atom. The molecule has 2 atom stereocenters. The number of hydrogen-bond acceptors (Lipinski definition) is 4. The molecule has 1 fully saturated rings. The summed E-state index contributed by atoms with van der Waals surface area (Å²) in [6, 6.07) is 13.5. The lowest BCUT2D eigenvalue weighted by Gasteiger charge is -2.33. The highest BCUT2D eigenvalue weighted by Crippen LogP contribution is 2.40. The monoisotopic (exact) mass is 432 g/mol. The second kappa shape index (κ2) is 8.31. The molecule has 0 bridgehead atoms. The fourth-order valence-corrected chi connectivity index (χ4v) is 4.17. The average Bonchev–Trinajstić information content (AvgIpc) is 3.12. The first-order valence-electron chi connectivity index (χ1n) is 9.01. The maximum atomic E-state index is 11.9. The van der Waals surface area contributed by atoms with E-state index in [4.69, 9.17) is 4.74 Å². The molecule has 1 heterocycles. The highest BCUT2D eigenvalue weighted by Gasteiger charge is 2.38. The van der Waals surface area contributed by atoms with E-state index < -0.39 is 12.0 Å². The summed E-state index contributed by atoms with van der Waals surface area (Å²) in [7, 11) is 5.66. The Kier molecular flexibility index (Phi) is 6.07. The van der Waals surface area contributed by atoms with Gasteiger partial charge >= 0.3 is 5.97 Å². The van der Waals surface area contributed by atoms with Crippen LogP contribution >= 0.6 is 15.9 Å². The Bertz CT molecular complexity index is 808. The van der Waals surface area contributed by atoms with E-state index in [1.807, 2.05) is 37.2 Å². The van der Waals surface area contributed by atoms with Gasteiger partial charge in [0.1, 0.15) is 11.8 Å². The van der Waals surface area contributed by atoms with Gasteiger partial charge in [-0.05, 0) is 48.7 Å². The maximum Gasteiger partial charge on any atom is 0.320 e. The van der Waals surface area contributed by atoms with E-state index in [1.54, 1.807) is 7.11 Å². The number of aliphatic carboxylic acids is 1. The number of carboxylic acids is 1. The summed E-state index contributed by atoms with van der Waals surface area (Å²) in [6.07, 6.45) is 1.54. The Morgan fingerprint density at radius 1 is 1.26 bits per heavy atom. The van der Waals surface area contributed by atoms with Gasteiger partial charge in [0, 0.05) is 36.4 Å². The predicted octanol–water partition coefficient (Wildman–Crippen LogP) is 4.16. The molecule has 2 aromatic rings. The molecule has 0 amide bonds. The van der Waals surface area contributed by atoms with Gasteiger partial charge in [-0.15, -0.1) is 0 Å². The molecule has 1 aliphatic rings. The van der Waals surface area contributed by atoms with Gasteiger partial charge in [0.05, 0.1) is 13.2 Å². The van der Waals surface area contributed by atoms with Crippen LogP contribution in [0.25, 0.3) is 0 Å². The van der Waals surface area contributed by atoms with E-state index in [-0.39, 0.29) is 6.04 Å². The van der Waals surface area contributed by atoms with Crippen molar-refractivity contribution >= 4 is 27.6 Å². The van der Waals surface area contributed by atoms with E-state index in [0.29, 0.717) is 6.42 Å². The molecule has 0 saturated carbocycles. The first-order valence-corrected chi connectivity index (χ1v) is 9.81. The molecule has 2 unspecified atom stereocenters. The highest BCUT2D eigenvalue weighted by molar-refractivity contribution is 9.10. The van der Waals surface area contributed by atoms with Crippen molar-refractivity contribution in [2.45, 2.75) is 24.9 Å². The fourth-order valence-electron chi connectivity index (χ4n) is 3.79. The van der Waals surface area contributed by atoms with Crippen molar-refractivity contribution in [1.29, 1.82) is 0 Å². The molecule has 1 aliphatic heterocycles. The lowest BCUT2D eigenvalue weighted by Crippen LogP contribution is -2.39. The SMILES string of the molecule is COc1ccc(Br)cc1C(c1ccc(N(C)C)cc1)N1CCCC1C(=O)O. The van der Waals surface area contributed by atoms with Crippen LogP contribution in [0.15, 0.2) is 46.9 Å². The molecule has 0 aliphatic carbocycles. The van der Waals surface area contributed by atoms with Crippen LogP contribution in [-0.4, -0.2) is 49.8 Å². The minimum Gasteiger partial charge on any atom is -0.496 e. The smallest absolute Gasteiger partial charge is 0.320 e. The summed E-state index contributed by atoms with van der Waals surface area (Å²) >= 11 is 3.55. The number of halogens is 1. The van der Waals surface area contributed by atoms with Crippen LogP contribution in [-0.2, 0) is 4.79 Å². The van der Waals surface area contributed by atoms with Crippen LogP contribution in [0.4, 0.5) is 5.69 Å². The first kappa shape index (κ1) is 19.7. The summed E-state index contributed by atoms with van der Waals surface area (Å²) in [4.78, 5) is 16.0. The summed E-state index contributed by atoms with van der Waals surface area (Å²) in [5.74, 6) is -0.00713. The number of rotatable bonds is 6. The molecule has 0 radical (unpaired) electrons. The van der Waals surface area contributed by atoms with Gasteiger partial charge in [-0.1, -0.05) is 28.1 Å². The van der Waals surface area contributed by atoms with Gasteiger partial charge in [0.25, 0.3) is 0 Å². The predicted molar refractivity (Wildman–Crippen MR) is 111 cm³/mol. The molecular weight excluding hydrogens is 408 g/mol. The van der Waals surface area contributed by atoms with Crippen LogP contribution in [0, 0.1) is 0 Å². The van der Waals surface area contributed by atoms with Crippen molar-refractivity contribution in [2.75, 3.05) is 32.6 Å². The average molecular weight is 433 g/mol. The summed E-state index contributed by atoms with van der Waals surface area (Å²) in [5.41, 5.74) is 3.14. The number of benzene rings is 2. The minimum absolute atomic E-state index is 0.183. The van der Waals surface area contributed by atoms with Crippen molar-refractivity contribution in [3.8, 4) is 5.75 Å². The number of likely N-dealkylation sites (tertiary alicyclic amines) is 1. The van der Waals surface area contributed by atoms with Crippen LogP contribution in [0.3, 0.4) is 0 Å². The lowest BCUT2D eigenvalue weighted by molar-refractivity contribution is -0.142. The number of carboxylic acid groups (broad SMARTS) is 1. The third-order valence-corrected chi connectivity index (χ3v) is 5.62. The molecule has 0 aromatic heterocycles. The second-order valence-electron chi connectivity index (χ2n) is 7.01. The molecular formula is C21H25BrN2O3. The van der Waals surface area contributed by atoms with Gasteiger partial charge < -0.3 is 14.7 Å². The maximum absolute atomic E-state index is 11.9. The zero-order valence-electron chi connectivity index (χ0n) is 15.9. The van der Waals surface area contributed by atoms with Gasteiger partial charge in [-0.3, -0.25) is 9.69 Å². The van der Waals surface area contributed by atoms with Gasteiger partial charge in [-0.25, -0.2) is 0 Å². The molecule has 1 saturated heterocycles. The molecule has 0 spiro atoms. The summed E-state index contributed by atoms with van der Waals surface area (Å²) in [5, 5.41) is 9.74. The largest absolute Gasteiger partial charge is 0.496 e. The van der Waals surface area contributed by atoms with E-state index in [2.05, 4.69) is 45.1 Å². The van der Waals surface area contributed by atoms with E-state index in [0.717, 1.165) is 40.0 Å². The standard InChI is InChI=1S/C21H25BrN2O3/c1-23(2)16-9-6-14(7-10-16)20(24-12-4-5-18(24)21(25)26)17-13-15(22)8-11-19(17)27-3/h6-11,13,18,20H,4-5,12H2,1-3H3,(H,25,26). The normalized spacial score (nSPS) is 18.3. The van der Waals surface area contributed by atoms with Gasteiger partial charge in [-0.2, -0.15) is 0 Å². The second-order valence-corrected chi connectivity index (χ2v) is 7.92. The molecule has 6 heteroatoms. The highest BCUT2D eigenvalue weighted by atomic mass is 79.9. The van der Waals surface area contributed by atoms with Crippen molar-refractivity contribution in [1.82, 2.24) is 4.90 Å². The van der Waals surface area contributed by atoms with Gasteiger partial charge in [0.15, 0.2) is 0 Å². The molecule has 3 rings (SSSR count). The van der Waals surface area contributed by atoms with Crippen molar-refractivity contribution in [3.05, 3.63) is 58.1 Å². The summed E-state index contributed by atoms with van der Waals surface area (Å²) < 4.78 is 6.56. The third-order valence-electron chi connectivity index (χ3n) is 5.12. The Morgan fingerprint density at radius 3 is 2.56 bits per heavy atom. The van der Waals surface area contributed by atoms with E-state index in [1.165, 1.54) is 0 Å². The molecule has 27 heavy (non-hydrogen) atoms. The number of ether oxygens (including phenoxy) is 1. The van der Waals surface area contributed by atoms with E-state index in [9.17, 15) is 9.90 Å². The topological polar surface area (TPSA) is 53.0 Å². The van der Waals surface area contributed by atoms with Crippen molar-refractivity contribution < 1.29 is 14.6 Å². The zero-order valence-corrected chi connectivity index (χ0v) is 17.4. The Labute approximate surface area is 168 Å². The number of methoxy groups -OCH3 is 1. The van der Waals surface area contributed by atoms with Crippen LogP contribution in [0.2, 0.25) is 0 Å². The number of nitrogens with zero attached hydrogens (tertiary/aromatic N) is 2. The fraction of sp³-hybridized carbons (Fsp3) is 0.381. The van der Waals surface area contributed by atoms with Crippen molar-refractivity contribution in [3.63, 3.8) is 0 Å². The van der Waals surface area contributed by atoms with Crippen LogP contribution in [0.5, 0.6) is 5.75 Å². The first-order chi connectivity index (χ1) is 12.9. The number of carbonyl (C=O) groups is 1. The lowest BCUT2D eigenvalue weighted by atomic mass is 9.95. The molecule has 5 nitrogen and oxygen atoms in total. The molecule has 1 N–H and O–H groups in total. The Balaban J connectivity index is 2.12. The molecule has 144 valence electrons. The summed E-state index contributed by atoms with van der Waals surface area (Å²) in [6.45, 7) is 0.743. The number of anilines is 1. The van der Waals surface area contributed by atoms with Crippen LogP contribution < -0.4 is 9.64 Å². The van der Waals surface area contributed by atoms with Crippen molar-refractivity contribution in [2.24, 2.45) is 0 Å². The van der Waals surface area contributed by atoms with Crippen LogP contribution in [0.1, 0.15) is 30.0 Å². The minimum atomic E-state index is -0.767. The third kappa shape index (κ3) is 4.12. The van der Waals surface area contributed by atoms with Gasteiger partial charge in [0.2, 0.25) is 0 Å². The zero-order chi connectivity index (χ0) is 19.6. The number of hydrogen-bond donors (Lipinski definition) is 1. The quantitative estimate of drug-likeness (QED) is 0.742. The Hall–Kier alpha value is -2.05.